The van der Waals surface area contributed by atoms with Crippen LogP contribution in [0.2, 0.25) is 0 Å². The van der Waals surface area contributed by atoms with Gasteiger partial charge in [-0.3, -0.25) is 0 Å². The fourth-order valence-electron chi connectivity index (χ4n) is 3.56. The lowest BCUT2D eigenvalue weighted by Crippen LogP contribution is -2.52. The molecule has 0 radical (unpaired) electrons. The first-order chi connectivity index (χ1) is 9.26. The van der Waals surface area contributed by atoms with E-state index in [1.807, 2.05) is 12.1 Å². The van der Waals surface area contributed by atoms with Crippen LogP contribution in [-0.4, -0.2) is 19.2 Å². The Bertz CT molecular complexity index is 494. The van der Waals surface area contributed by atoms with Gasteiger partial charge in [0.25, 0.3) is 0 Å². The fourth-order valence-corrected chi connectivity index (χ4v) is 3.56. The summed E-state index contributed by atoms with van der Waals surface area (Å²) in [4.78, 5) is 0. The second-order valence-corrected chi connectivity index (χ2v) is 6.52. The number of halogens is 1. The molecule has 1 N–H and O–H groups in total. The summed E-state index contributed by atoms with van der Waals surface area (Å²) in [5, 5.41) is 3.34. The maximum Gasteiger partial charge on any atom is 0.168 e. The molecule has 0 amide bonds. The van der Waals surface area contributed by atoms with Gasteiger partial charge in [-0.15, -0.1) is 0 Å². The SMILES string of the molecule is Fc1c(OC2CCC3(CNC3)C2)cccc1C1CC1. The molecule has 3 heteroatoms. The molecule has 0 aromatic heterocycles. The highest BCUT2D eigenvalue weighted by atomic mass is 19.1. The van der Waals surface area contributed by atoms with E-state index in [0.717, 1.165) is 44.3 Å². The summed E-state index contributed by atoms with van der Waals surface area (Å²) >= 11 is 0. The number of hydrogen-bond donors (Lipinski definition) is 1. The van der Waals surface area contributed by atoms with Crippen LogP contribution < -0.4 is 10.1 Å². The molecule has 1 spiro atoms. The minimum atomic E-state index is -0.113. The Morgan fingerprint density at radius 1 is 1.21 bits per heavy atom. The van der Waals surface area contributed by atoms with Gasteiger partial charge in [-0.25, -0.2) is 4.39 Å². The van der Waals surface area contributed by atoms with Crippen LogP contribution in [0.25, 0.3) is 0 Å². The van der Waals surface area contributed by atoms with E-state index in [-0.39, 0.29) is 11.9 Å². The van der Waals surface area contributed by atoms with Gasteiger partial charge in [0.1, 0.15) is 0 Å². The van der Waals surface area contributed by atoms with Gasteiger partial charge in [-0.2, -0.15) is 0 Å². The number of hydrogen-bond acceptors (Lipinski definition) is 2. The zero-order valence-corrected chi connectivity index (χ0v) is 11.1. The van der Waals surface area contributed by atoms with Crippen LogP contribution >= 0.6 is 0 Å². The van der Waals surface area contributed by atoms with Crippen molar-refractivity contribution in [2.24, 2.45) is 5.41 Å². The Labute approximate surface area is 113 Å². The normalized spacial score (nSPS) is 28.4. The summed E-state index contributed by atoms with van der Waals surface area (Å²) < 4.78 is 20.3. The molecule has 1 saturated heterocycles. The molecular weight excluding hydrogens is 241 g/mol. The van der Waals surface area contributed by atoms with Crippen molar-refractivity contribution in [2.45, 2.75) is 44.1 Å². The monoisotopic (exact) mass is 261 g/mol. The Morgan fingerprint density at radius 2 is 2.05 bits per heavy atom. The van der Waals surface area contributed by atoms with E-state index in [1.54, 1.807) is 6.07 Å². The van der Waals surface area contributed by atoms with Gasteiger partial charge < -0.3 is 10.1 Å². The van der Waals surface area contributed by atoms with Gasteiger partial charge in [0.05, 0.1) is 6.10 Å². The van der Waals surface area contributed by atoms with Gasteiger partial charge in [0, 0.05) is 13.1 Å². The largest absolute Gasteiger partial charge is 0.487 e. The van der Waals surface area contributed by atoms with Crippen LogP contribution in [0.4, 0.5) is 4.39 Å². The Hall–Kier alpha value is -1.09. The fraction of sp³-hybridized carbons (Fsp3) is 0.625. The number of rotatable bonds is 3. The van der Waals surface area contributed by atoms with Crippen molar-refractivity contribution in [1.29, 1.82) is 0 Å². The lowest BCUT2D eigenvalue weighted by Gasteiger charge is -2.39. The summed E-state index contributed by atoms with van der Waals surface area (Å²) in [6.45, 7) is 2.22. The zero-order valence-electron chi connectivity index (χ0n) is 11.1. The van der Waals surface area contributed by atoms with E-state index in [1.165, 1.54) is 6.42 Å². The highest BCUT2D eigenvalue weighted by molar-refractivity contribution is 5.35. The van der Waals surface area contributed by atoms with Crippen molar-refractivity contribution in [1.82, 2.24) is 5.32 Å². The molecule has 1 atom stereocenters. The molecule has 1 aromatic carbocycles. The van der Waals surface area contributed by atoms with Crippen molar-refractivity contribution in [3.05, 3.63) is 29.6 Å². The summed E-state index contributed by atoms with van der Waals surface area (Å²) in [5.41, 5.74) is 1.31. The molecule has 1 unspecified atom stereocenters. The molecule has 4 rings (SSSR count). The summed E-state index contributed by atoms with van der Waals surface area (Å²) in [7, 11) is 0. The molecule has 2 aliphatic carbocycles. The Balaban J connectivity index is 1.49. The molecule has 1 aliphatic heterocycles. The highest BCUT2D eigenvalue weighted by Crippen LogP contribution is 2.45. The van der Waals surface area contributed by atoms with Crippen LogP contribution in [0.3, 0.4) is 0 Å². The van der Waals surface area contributed by atoms with Crippen LogP contribution in [0.15, 0.2) is 18.2 Å². The first kappa shape index (κ1) is 11.7. The zero-order chi connectivity index (χ0) is 12.9. The minimum Gasteiger partial charge on any atom is -0.487 e. The molecular formula is C16H20FNO. The van der Waals surface area contributed by atoms with Crippen molar-refractivity contribution in [2.75, 3.05) is 13.1 Å². The predicted molar refractivity (Wildman–Crippen MR) is 71.9 cm³/mol. The van der Waals surface area contributed by atoms with Crippen molar-refractivity contribution < 1.29 is 9.13 Å². The molecule has 0 bridgehead atoms. The number of ether oxygens (including phenoxy) is 1. The Morgan fingerprint density at radius 3 is 2.68 bits per heavy atom. The van der Waals surface area contributed by atoms with Crippen molar-refractivity contribution >= 4 is 0 Å². The van der Waals surface area contributed by atoms with Crippen LogP contribution in [0.5, 0.6) is 5.75 Å². The average molecular weight is 261 g/mol. The summed E-state index contributed by atoms with van der Waals surface area (Å²) in [6, 6.07) is 5.62. The third-order valence-corrected chi connectivity index (χ3v) is 4.96. The minimum absolute atomic E-state index is 0.113. The standard InChI is InChI=1S/C16H20FNO/c17-15-13(11-4-5-11)2-1-3-14(15)19-12-6-7-16(8-12)9-18-10-16/h1-3,11-12,18H,4-10H2. The molecule has 3 aliphatic rings. The van der Waals surface area contributed by atoms with Gasteiger partial charge in [0.2, 0.25) is 0 Å². The lowest BCUT2D eigenvalue weighted by molar-refractivity contribution is 0.134. The maximum atomic E-state index is 14.4. The maximum absolute atomic E-state index is 14.4. The van der Waals surface area contributed by atoms with Gasteiger partial charge in [0.15, 0.2) is 11.6 Å². The van der Waals surface area contributed by atoms with Crippen LogP contribution in [-0.2, 0) is 0 Å². The van der Waals surface area contributed by atoms with E-state index in [4.69, 9.17) is 4.74 Å². The third-order valence-electron chi connectivity index (χ3n) is 4.96. The number of nitrogens with one attached hydrogen (secondary N) is 1. The quantitative estimate of drug-likeness (QED) is 0.902. The van der Waals surface area contributed by atoms with E-state index < -0.39 is 0 Å². The van der Waals surface area contributed by atoms with Gasteiger partial charge in [-0.1, -0.05) is 12.1 Å². The van der Waals surface area contributed by atoms with Crippen LogP contribution in [0.1, 0.15) is 43.6 Å². The molecule has 2 nitrogen and oxygen atoms in total. The van der Waals surface area contributed by atoms with E-state index in [2.05, 4.69) is 5.32 Å². The highest BCUT2D eigenvalue weighted by Gasteiger charge is 2.44. The average Bonchev–Trinajstić information content (AvgIpc) is 3.11. The van der Waals surface area contributed by atoms with Gasteiger partial charge >= 0.3 is 0 Å². The molecule has 1 aromatic rings. The second-order valence-electron chi connectivity index (χ2n) is 6.52. The van der Waals surface area contributed by atoms with E-state index in [9.17, 15) is 4.39 Å². The topological polar surface area (TPSA) is 21.3 Å². The lowest BCUT2D eigenvalue weighted by atomic mass is 9.80. The first-order valence-electron chi connectivity index (χ1n) is 7.42. The first-order valence-corrected chi connectivity index (χ1v) is 7.42. The third kappa shape index (κ3) is 2.04. The Kier molecular flexibility index (Phi) is 2.59. The molecule has 102 valence electrons. The summed E-state index contributed by atoms with van der Waals surface area (Å²) in [6.07, 6.45) is 5.80. The second kappa shape index (κ2) is 4.20. The van der Waals surface area contributed by atoms with Crippen LogP contribution in [0, 0.1) is 11.2 Å². The molecule has 2 saturated carbocycles. The molecule has 19 heavy (non-hydrogen) atoms. The van der Waals surface area contributed by atoms with Crippen molar-refractivity contribution in [3.63, 3.8) is 0 Å². The van der Waals surface area contributed by atoms with Gasteiger partial charge in [-0.05, 0) is 55.1 Å². The molecule has 3 fully saturated rings. The van der Waals surface area contributed by atoms with E-state index >= 15 is 0 Å². The van der Waals surface area contributed by atoms with E-state index in [0.29, 0.717) is 17.1 Å². The molecule has 1 heterocycles. The van der Waals surface area contributed by atoms with Crippen molar-refractivity contribution in [3.8, 4) is 5.75 Å². The summed E-state index contributed by atoms with van der Waals surface area (Å²) in [5.74, 6) is 0.797. The predicted octanol–water partition coefficient (Wildman–Crippen LogP) is 3.22. The number of benzene rings is 1. The smallest absolute Gasteiger partial charge is 0.168 e.